The third-order valence-corrected chi connectivity index (χ3v) is 5.26. The van der Waals surface area contributed by atoms with Gasteiger partial charge in [-0.05, 0) is 61.6 Å². The lowest BCUT2D eigenvalue weighted by atomic mass is 9.98. The average molecular weight is 353 g/mol. The highest BCUT2D eigenvalue weighted by molar-refractivity contribution is 5.92. The van der Waals surface area contributed by atoms with Crippen LogP contribution in [0.25, 0.3) is 0 Å². The lowest BCUT2D eigenvalue weighted by Crippen LogP contribution is -2.38. The number of amides is 2. The van der Waals surface area contributed by atoms with Crippen molar-refractivity contribution in [2.75, 3.05) is 26.2 Å². The van der Waals surface area contributed by atoms with E-state index < -0.39 is 0 Å². The fourth-order valence-electron chi connectivity index (χ4n) is 3.49. The summed E-state index contributed by atoms with van der Waals surface area (Å²) < 4.78 is 0. The van der Waals surface area contributed by atoms with Gasteiger partial charge in [0.15, 0.2) is 0 Å². The Hall–Kier alpha value is -2.56. The Morgan fingerprint density at radius 2 is 1.65 bits per heavy atom. The minimum absolute atomic E-state index is 0.00861. The van der Waals surface area contributed by atoms with E-state index in [4.69, 9.17) is 0 Å². The first-order chi connectivity index (χ1) is 12.5. The number of carbonyl (C=O) groups is 2. The van der Waals surface area contributed by atoms with Crippen molar-refractivity contribution in [2.45, 2.75) is 33.6 Å². The largest absolute Gasteiger partial charge is 0.357 e. The van der Waals surface area contributed by atoms with Crippen molar-refractivity contribution >= 4 is 11.8 Å². The number of aryl methyl sites for hydroxylation is 3. The number of H-pyrrole nitrogens is 1. The van der Waals surface area contributed by atoms with E-state index in [1.165, 1.54) is 16.7 Å². The molecule has 1 N–H and O–H groups in total. The standard InChI is InChI=1S/C21H27N3O2/c1-15-12-17(3)18(13-16(15)2)14-20(25)23-8-5-9-24(11-10-23)21(26)19-6-4-7-22-19/h4,6-7,12-13,22H,5,8-11,14H2,1-3H3. The molecule has 1 saturated heterocycles. The second-order valence-corrected chi connectivity index (χ2v) is 7.15. The van der Waals surface area contributed by atoms with Gasteiger partial charge in [0.25, 0.3) is 5.91 Å². The summed E-state index contributed by atoms with van der Waals surface area (Å²) in [6, 6.07) is 7.89. The van der Waals surface area contributed by atoms with Crippen molar-refractivity contribution in [1.29, 1.82) is 0 Å². The van der Waals surface area contributed by atoms with E-state index in [0.29, 0.717) is 38.3 Å². The van der Waals surface area contributed by atoms with Gasteiger partial charge in [0.2, 0.25) is 5.91 Å². The molecular weight excluding hydrogens is 326 g/mol. The van der Waals surface area contributed by atoms with Crippen molar-refractivity contribution < 1.29 is 9.59 Å². The average Bonchev–Trinajstić information content (AvgIpc) is 3.03. The van der Waals surface area contributed by atoms with Crippen LogP contribution in [-0.2, 0) is 11.2 Å². The SMILES string of the molecule is Cc1cc(C)c(CC(=O)N2CCCN(C(=O)c3ccc[nH]3)CC2)cc1C. The number of hydrogen-bond donors (Lipinski definition) is 1. The number of aromatic amines is 1. The molecule has 1 aromatic carbocycles. The number of nitrogens with one attached hydrogen (secondary N) is 1. The predicted molar refractivity (Wildman–Crippen MR) is 102 cm³/mol. The number of carbonyl (C=O) groups excluding carboxylic acids is 2. The zero-order valence-corrected chi connectivity index (χ0v) is 15.8. The zero-order chi connectivity index (χ0) is 18.7. The number of nitrogens with zero attached hydrogens (tertiary/aromatic N) is 2. The van der Waals surface area contributed by atoms with Crippen LogP contribution in [0.2, 0.25) is 0 Å². The van der Waals surface area contributed by atoms with E-state index in [-0.39, 0.29) is 11.8 Å². The van der Waals surface area contributed by atoms with E-state index in [2.05, 4.69) is 37.9 Å². The van der Waals surface area contributed by atoms with Crippen molar-refractivity contribution in [3.8, 4) is 0 Å². The molecule has 1 aliphatic heterocycles. The molecule has 0 unspecified atom stereocenters. The van der Waals surface area contributed by atoms with E-state index in [0.717, 1.165) is 12.0 Å². The van der Waals surface area contributed by atoms with Crippen LogP contribution < -0.4 is 0 Å². The third kappa shape index (κ3) is 3.98. The van der Waals surface area contributed by atoms with Gasteiger partial charge in [0.05, 0.1) is 6.42 Å². The Balaban J connectivity index is 1.63. The normalized spacial score (nSPS) is 15.0. The molecule has 0 saturated carbocycles. The summed E-state index contributed by atoms with van der Waals surface area (Å²) in [5.41, 5.74) is 5.35. The molecule has 5 nitrogen and oxygen atoms in total. The van der Waals surface area contributed by atoms with Crippen LogP contribution >= 0.6 is 0 Å². The fourth-order valence-corrected chi connectivity index (χ4v) is 3.49. The first-order valence-electron chi connectivity index (χ1n) is 9.23. The monoisotopic (exact) mass is 353 g/mol. The maximum absolute atomic E-state index is 12.8. The molecule has 1 aliphatic rings. The highest BCUT2D eigenvalue weighted by Gasteiger charge is 2.23. The first-order valence-corrected chi connectivity index (χ1v) is 9.23. The van der Waals surface area contributed by atoms with Crippen molar-refractivity contribution in [3.63, 3.8) is 0 Å². The lowest BCUT2D eigenvalue weighted by Gasteiger charge is -2.22. The van der Waals surface area contributed by atoms with Crippen LogP contribution in [0.3, 0.4) is 0 Å². The smallest absolute Gasteiger partial charge is 0.270 e. The molecule has 2 heterocycles. The van der Waals surface area contributed by atoms with Crippen molar-refractivity contribution in [2.24, 2.45) is 0 Å². The highest BCUT2D eigenvalue weighted by atomic mass is 16.2. The molecule has 3 rings (SSSR count). The Morgan fingerprint density at radius 3 is 2.38 bits per heavy atom. The summed E-state index contributed by atoms with van der Waals surface area (Å²) in [4.78, 5) is 32.0. The quantitative estimate of drug-likeness (QED) is 0.922. The number of hydrogen-bond acceptors (Lipinski definition) is 2. The molecule has 138 valence electrons. The second kappa shape index (κ2) is 7.77. The number of benzene rings is 1. The molecule has 26 heavy (non-hydrogen) atoms. The van der Waals surface area contributed by atoms with Crippen LogP contribution in [0.4, 0.5) is 0 Å². The molecule has 5 heteroatoms. The molecule has 0 spiro atoms. The van der Waals surface area contributed by atoms with E-state index in [1.54, 1.807) is 12.3 Å². The fraction of sp³-hybridized carbons (Fsp3) is 0.429. The molecular formula is C21H27N3O2. The van der Waals surface area contributed by atoms with Gasteiger partial charge in [0.1, 0.15) is 5.69 Å². The molecule has 0 aliphatic carbocycles. The van der Waals surface area contributed by atoms with Crippen LogP contribution in [0.5, 0.6) is 0 Å². The summed E-state index contributed by atoms with van der Waals surface area (Å²) in [6.07, 6.45) is 2.99. The molecule has 1 aromatic heterocycles. The Labute approximate surface area is 155 Å². The van der Waals surface area contributed by atoms with Gasteiger partial charge in [0, 0.05) is 32.4 Å². The highest BCUT2D eigenvalue weighted by Crippen LogP contribution is 2.17. The summed E-state index contributed by atoms with van der Waals surface area (Å²) in [6.45, 7) is 8.80. The Kier molecular flexibility index (Phi) is 5.45. The molecule has 2 amide bonds. The van der Waals surface area contributed by atoms with Crippen molar-refractivity contribution in [3.05, 3.63) is 58.4 Å². The number of rotatable bonds is 3. The van der Waals surface area contributed by atoms with Gasteiger partial charge in [-0.3, -0.25) is 9.59 Å². The van der Waals surface area contributed by atoms with Gasteiger partial charge in [-0.2, -0.15) is 0 Å². The van der Waals surface area contributed by atoms with Gasteiger partial charge in [-0.25, -0.2) is 0 Å². The van der Waals surface area contributed by atoms with Gasteiger partial charge in [-0.15, -0.1) is 0 Å². The number of aromatic nitrogens is 1. The topological polar surface area (TPSA) is 56.4 Å². The van der Waals surface area contributed by atoms with Crippen LogP contribution in [0.15, 0.2) is 30.5 Å². The van der Waals surface area contributed by atoms with Crippen molar-refractivity contribution in [1.82, 2.24) is 14.8 Å². The lowest BCUT2D eigenvalue weighted by molar-refractivity contribution is -0.130. The summed E-state index contributed by atoms with van der Waals surface area (Å²) in [7, 11) is 0. The van der Waals surface area contributed by atoms with E-state index in [1.807, 2.05) is 15.9 Å². The minimum Gasteiger partial charge on any atom is -0.357 e. The van der Waals surface area contributed by atoms with Gasteiger partial charge >= 0.3 is 0 Å². The van der Waals surface area contributed by atoms with Crippen LogP contribution in [0, 0.1) is 20.8 Å². The van der Waals surface area contributed by atoms with Gasteiger partial charge in [-0.1, -0.05) is 12.1 Å². The Morgan fingerprint density at radius 1 is 0.962 bits per heavy atom. The van der Waals surface area contributed by atoms with E-state index in [9.17, 15) is 9.59 Å². The predicted octanol–water partition coefficient (Wildman–Crippen LogP) is 2.86. The molecule has 0 radical (unpaired) electrons. The maximum Gasteiger partial charge on any atom is 0.270 e. The summed E-state index contributed by atoms with van der Waals surface area (Å²) >= 11 is 0. The summed E-state index contributed by atoms with van der Waals surface area (Å²) in [5.74, 6) is 0.153. The third-order valence-electron chi connectivity index (χ3n) is 5.26. The first kappa shape index (κ1) is 18.2. The molecule has 0 atom stereocenters. The molecule has 1 fully saturated rings. The molecule has 2 aromatic rings. The molecule has 0 bridgehead atoms. The van der Waals surface area contributed by atoms with Crippen LogP contribution in [-0.4, -0.2) is 52.8 Å². The van der Waals surface area contributed by atoms with Gasteiger partial charge < -0.3 is 14.8 Å². The zero-order valence-electron chi connectivity index (χ0n) is 15.8. The minimum atomic E-state index is 0.00861. The Bertz CT molecular complexity index is 796. The summed E-state index contributed by atoms with van der Waals surface area (Å²) in [5, 5.41) is 0. The second-order valence-electron chi connectivity index (χ2n) is 7.15. The maximum atomic E-state index is 12.8. The van der Waals surface area contributed by atoms with E-state index >= 15 is 0 Å². The van der Waals surface area contributed by atoms with Crippen LogP contribution in [0.1, 0.15) is 39.2 Å².